The summed E-state index contributed by atoms with van der Waals surface area (Å²) in [5.41, 5.74) is 6.20. The largest absolute Gasteiger partial charge is 0.481 e. The molecule has 0 amide bonds. The molecular formula is C15H23NO2. The van der Waals surface area contributed by atoms with Crippen molar-refractivity contribution in [2.75, 3.05) is 11.9 Å². The van der Waals surface area contributed by atoms with Crippen molar-refractivity contribution in [2.24, 2.45) is 5.92 Å². The number of carboxylic acid groups (broad SMARTS) is 1. The zero-order valence-electron chi connectivity index (χ0n) is 11.9. The number of aryl methyl sites for hydroxylation is 2. The number of anilines is 1. The highest BCUT2D eigenvalue weighted by atomic mass is 16.4. The molecule has 0 saturated heterocycles. The molecule has 0 spiro atoms. The minimum atomic E-state index is -0.738. The van der Waals surface area contributed by atoms with Crippen molar-refractivity contribution >= 4 is 11.7 Å². The maximum absolute atomic E-state index is 10.6. The van der Waals surface area contributed by atoms with E-state index in [1.807, 2.05) is 6.92 Å². The molecule has 1 atom stereocenters. The number of carboxylic acids is 1. The quantitative estimate of drug-likeness (QED) is 0.840. The van der Waals surface area contributed by atoms with E-state index in [9.17, 15) is 4.79 Å². The Balaban J connectivity index is 2.82. The van der Waals surface area contributed by atoms with Gasteiger partial charge in [0.25, 0.3) is 0 Å². The third-order valence-electron chi connectivity index (χ3n) is 3.52. The first-order valence-corrected chi connectivity index (χ1v) is 6.36. The highest BCUT2D eigenvalue weighted by molar-refractivity contribution is 5.67. The van der Waals surface area contributed by atoms with E-state index in [4.69, 9.17) is 5.11 Å². The van der Waals surface area contributed by atoms with Crippen LogP contribution in [-0.2, 0) is 4.79 Å². The van der Waals surface area contributed by atoms with Gasteiger partial charge in [-0.3, -0.25) is 4.79 Å². The minimum absolute atomic E-state index is 0.127. The van der Waals surface area contributed by atoms with E-state index in [0.717, 1.165) is 5.69 Å². The Bertz CT molecular complexity index is 426. The smallest absolute Gasteiger partial charge is 0.303 e. The molecule has 2 N–H and O–H groups in total. The first-order chi connectivity index (χ1) is 8.32. The monoisotopic (exact) mass is 249 g/mol. The van der Waals surface area contributed by atoms with Crippen LogP contribution in [0.5, 0.6) is 0 Å². The van der Waals surface area contributed by atoms with Crippen molar-refractivity contribution in [1.29, 1.82) is 0 Å². The van der Waals surface area contributed by atoms with E-state index in [1.54, 1.807) is 0 Å². The van der Waals surface area contributed by atoms with Crippen molar-refractivity contribution in [3.05, 3.63) is 28.3 Å². The van der Waals surface area contributed by atoms with Gasteiger partial charge in [0.05, 0.1) is 0 Å². The van der Waals surface area contributed by atoms with Gasteiger partial charge in [0, 0.05) is 18.7 Å². The van der Waals surface area contributed by atoms with Crippen LogP contribution in [-0.4, -0.2) is 17.6 Å². The summed E-state index contributed by atoms with van der Waals surface area (Å²) in [5.74, 6) is -0.611. The van der Waals surface area contributed by atoms with Gasteiger partial charge in [0.15, 0.2) is 0 Å². The van der Waals surface area contributed by atoms with Crippen LogP contribution >= 0.6 is 0 Å². The Morgan fingerprint density at radius 1 is 1.22 bits per heavy atom. The molecule has 0 aromatic heterocycles. The van der Waals surface area contributed by atoms with Crippen molar-refractivity contribution < 1.29 is 9.90 Å². The molecule has 18 heavy (non-hydrogen) atoms. The van der Waals surface area contributed by atoms with E-state index in [-0.39, 0.29) is 12.3 Å². The highest BCUT2D eigenvalue weighted by Crippen LogP contribution is 2.26. The summed E-state index contributed by atoms with van der Waals surface area (Å²) in [6.45, 7) is 11.1. The second kappa shape index (κ2) is 5.89. The van der Waals surface area contributed by atoms with E-state index in [2.05, 4.69) is 39.1 Å². The molecule has 3 heteroatoms. The summed E-state index contributed by atoms with van der Waals surface area (Å²) >= 11 is 0. The van der Waals surface area contributed by atoms with Crippen LogP contribution in [0, 0.1) is 33.6 Å². The number of nitrogens with one attached hydrogen (secondary N) is 1. The molecule has 1 unspecified atom stereocenters. The fourth-order valence-corrected chi connectivity index (χ4v) is 2.13. The summed E-state index contributed by atoms with van der Waals surface area (Å²) in [7, 11) is 0. The van der Waals surface area contributed by atoms with Gasteiger partial charge in [0.2, 0.25) is 0 Å². The fourth-order valence-electron chi connectivity index (χ4n) is 2.13. The minimum Gasteiger partial charge on any atom is -0.481 e. The van der Waals surface area contributed by atoms with Crippen LogP contribution in [0.2, 0.25) is 0 Å². The van der Waals surface area contributed by atoms with Gasteiger partial charge in [0.1, 0.15) is 0 Å². The van der Waals surface area contributed by atoms with Gasteiger partial charge in [-0.1, -0.05) is 13.0 Å². The molecule has 0 fully saturated rings. The second-order valence-corrected chi connectivity index (χ2v) is 5.22. The third-order valence-corrected chi connectivity index (χ3v) is 3.52. The average Bonchev–Trinajstić information content (AvgIpc) is 2.25. The molecule has 0 saturated carbocycles. The molecule has 0 heterocycles. The Morgan fingerprint density at radius 3 is 2.17 bits per heavy atom. The van der Waals surface area contributed by atoms with Gasteiger partial charge < -0.3 is 10.4 Å². The van der Waals surface area contributed by atoms with E-state index in [1.165, 1.54) is 22.3 Å². The summed E-state index contributed by atoms with van der Waals surface area (Å²) in [6.07, 6.45) is 0.204. The molecule has 0 bridgehead atoms. The predicted octanol–water partition coefficient (Wildman–Crippen LogP) is 3.44. The van der Waals surface area contributed by atoms with Gasteiger partial charge >= 0.3 is 5.97 Å². The standard InChI is InChI=1S/C15H23NO2/c1-9(6-14(17)18)8-16-15-12(4)10(2)7-11(3)13(15)5/h7,9,16H,6,8H2,1-5H3,(H,17,18). The Kier molecular flexibility index (Phi) is 4.76. The molecule has 100 valence electrons. The van der Waals surface area contributed by atoms with Crippen LogP contribution in [0.4, 0.5) is 5.69 Å². The Hall–Kier alpha value is -1.51. The number of benzene rings is 1. The van der Waals surface area contributed by atoms with Crippen molar-refractivity contribution in [3.8, 4) is 0 Å². The lowest BCUT2D eigenvalue weighted by Crippen LogP contribution is -2.16. The first kappa shape index (κ1) is 14.6. The van der Waals surface area contributed by atoms with Gasteiger partial charge in [-0.25, -0.2) is 0 Å². The van der Waals surface area contributed by atoms with Crippen LogP contribution in [0.25, 0.3) is 0 Å². The summed E-state index contributed by atoms with van der Waals surface area (Å²) in [5, 5.41) is 12.2. The van der Waals surface area contributed by atoms with Crippen LogP contribution in [0.15, 0.2) is 6.07 Å². The van der Waals surface area contributed by atoms with E-state index >= 15 is 0 Å². The topological polar surface area (TPSA) is 49.3 Å². The summed E-state index contributed by atoms with van der Waals surface area (Å²) in [6, 6.07) is 2.19. The normalized spacial score (nSPS) is 12.3. The lowest BCUT2D eigenvalue weighted by atomic mass is 9.98. The number of rotatable bonds is 5. The molecule has 0 radical (unpaired) electrons. The number of hydrogen-bond donors (Lipinski definition) is 2. The van der Waals surface area contributed by atoms with Crippen LogP contribution < -0.4 is 5.32 Å². The van der Waals surface area contributed by atoms with Gasteiger partial charge in [-0.2, -0.15) is 0 Å². The molecule has 1 aromatic carbocycles. The molecule has 1 rings (SSSR count). The predicted molar refractivity (Wildman–Crippen MR) is 75.3 cm³/mol. The van der Waals surface area contributed by atoms with Gasteiger partial charge in [-0.15, -0.1) is 0 Å². The number of aliphatic carboxylic acids is 1. The lowest BCUT2D eigenvalue weighted by Gasteiger charge is -2.19. The maximum Gasteiger partial charge on any atom is 0.303 e. The Morgan fingerprint density at radius 2 is 1.72 bits per heavy atom. The van der Waals surface area contributed by atoms with Crippen molar-refractivity contribution in [2.45, 2.75) is 41.0 Å². The summed E-state index contributed by atoms with van der Waals surface area (Å²) < 4.78 is 0. The van der Waals surface area contributed by atoms with Crippen LogP contribution in [0.1, 0.15) is 35.6 Å². The molecule has 1 aromatic rings. The molecule has 0 aliphatic carbocycles. The molecular weight excluding hydrogens is 226 g/mol. The fraction of sp³-hybridized carbons (Fsp3) is 0.533. The van der Waals surface area contributed by atoms with Gasteiger partial charge in [-0.05, 0) is 55.9 Å². The zero-order chi connectivity index (χ0) is 13.9. The average molecular weight is 249 g/mol. The van der Waals surface area contributed by atoms with E-state index in [0.29, 0.717) is 6.54 Å². The van der Waals surface area contributed by atoms with Crippen molar-refractivity contribution in [3.63, 3.8) is 0 Å². The number of carbonyl (C=O) groups is 1. The third kappa shape index (κ3) is 3.49. The maximum atomic E-state index is 10.6. The lowest BCUT2D eigenvalue weighted by molar-refractivity contribution is -0.137. The summed E-state index contributed by atoms with van der Waals surface area (Å²) in [4.78, 5) is 10.6. The first-order valence-electron chi connectivity index (χ1n) is 6.36. The zero-order valence-corrected chi connectivity index (χ0v) is 11.9. The van der Waals surface area contributed by atoms with E-state index < -0.39 is 5.97 Å². The highest BCUT2D eigenvalue weighted by Gasteiger charge is 2.11. The molecule has 3 nitrogen and oxygen atoms in total. The Labute approximate surface area is 109 Å². The van der Waals surface area contributed by atoms with Crippen LogP contribution in [0.3, 0.4) is 0 Å². The number of hydrogen-bond acceptors (Lipinski definition) is 2. The van der Waals surface area contributed by atoms with Crippen molar-refractivity contribution in [1.82, 2.24) is 0 Å². The second-order valence-electron chi connectivity index (χ2n) is 5.22. The SMILES string of the molecule is Cc1cc(C)c(C)c(NCC(C)CC(=O)O)c1C. The molecule has 0 aliphatic heterocycles. The molecule has 0 aliphatic rings.